The molecule has 10 heteroatoms. The van der Waals surface area contributed by atoms with Gasteiger partial charge in [-0.2, -0.15) is 0 Å². The van der Waals surface area contributed by atoms with Crippen molar-refractivity contribution in [2.75, 3.05) is 0 Å². The molecule has 0 fully saturated rings. The van der Waals surface area contributed by atoms with E-state index in [1.807, 2.05) is 0 Å². The first kappa shape index (κ1) is 143. The Morgan fingerprint density at radius 3 is 0.500 bits per heavy atom. The number of hydrogen-bond acceptors (Lipinski definition) is 0. The van der Waals surface area contributed by atoms with Crippen molar-refractivity contribution in [1.82, 2.24) is 0 Å². The van der Waals surface area contributed by atoms with Crippen LogP contribution in [0.4, 0.5) is 0 Å². The van der Waals surface area contributed by atoms with Gasteiger partial charge in [0.1, 0.15) is 0 Å². The van der Waals surface area contributed by atoms with Gasteiger partial charge in [0.25, 0.3) is 0 Å². The first-order valence-electron chi connectivity index (χ1n) is 0. The minimum absolute atomic E-state index is 0. The SMILES string of the molecule is [Bi+3].[Ca+2].[O-2].[O-2].[O-2].[O-2].[O-2].[O-2].[Sr+2].[Ta+5]. The van der Waals surface area contributed by atoms with E-state index in [2.05, 4.69) is 0 Å². The quantitative estimate of drug-likeness (QED) is 0.280. The Hall–Kier alpha value is 4.12. The molecule has 50 valence electrons. The predicted molar refractivity (Wildman–Crippen MR) is 21.4 cm³/mol. The van der Waals surface area contributed by atoms with Gasteiger partial charge in [0.15, 0.2) is 0 Å². The molecule has 0 amide bonds. The van der Waals surface area contributed by atoms with Gasteiger partial charge in [0.2, 0.25) is 0 Å². The summed E-state index contributed by atoms with van der Waals surface area (Å²) in [5.41, 5.74) is 0. The van der Waals surface area contributed by atoms with Gasteiger partial charge in [-0.3, -0.25) is 0 Å². The van der Waals surface area contributed by atoms with Crippen molar-refractivity contribution in [3.8, 4) is 0 Å². The largest absolute Gasteiger partial charge is 5.00 e. The molecule has 0 heterocycles. The van der Waals surface area contributed by atoms with Crippen LogP contribution in [-0.2, 0) is 55.2 Å². The zero-order valence-electron chi connectivity index (χ0n) is 4.76. The Morgan fingerprint density at radius 2 is 0.500 bits per heavy atom. The summed E-state index contributed by atoms with van der Waals surface area (Å²) in [4.78, 5) is 0. The Morgan fingerprint density at radius 1 is 0.500 bits per heavy atom. The molecule has 0 bridgehead atoms. The summed E-state index contributed by atoms with van der Waals surface area (Å²) in [6, 6.07) is 0. The topological polar surface area (TPSA) is 171 Å². The molecule has 0 aromatic heterocycles. The third kappa shape index (κ3) is 88.2. The van der Waals surface area contributed by atoms with Crippen molar-refractivity contribution in [2.45, 2.75) is 0 Å². The van der Waals surface area contributed by atoms with Crippen LogP contribution in [0.1, 0.15) is 0 Å². The van der Waals surface area contributed by atoms with Crippen LogP contribution >= 0.6 is 0 Å². The van der Waals surface area contributed by atoms with Gasteiger partial charge >= 0.3 is 132 Å². The average Bonchev–Trinajstić information content (AvgIpc) is 0. The van der Waals surface area contributed by atoms with Crippen LogP contribution in [-0.4, -0.2) is 109 Å². The second-order valence-corrected chi connectivity index (χ2v) is 0. The van der Waals surface area contributed by atoms with E-state index in [0.29, 0.717) is 0 Å². The van der Waals surface area contributed by atoms with Crippen LogP contribution in [0.5, 0.6) is 0 Å². The molecule has 0 saturated carbocycles. The average molecular weight is 614 g/mol. The fourth-order valence-corrected chi connectivity index (χ4v) is 0. The summed E-state index contributed by atoms with van der Waals surface area (Å²) in [5.74, 6) is 0. The van der Waals surface area contributed by atoms with E-state index in [4.69, 9.17) is 0 Å². The molecule has 0 atom stereocenters. The Bertz CT molecular complexity index is 17.7. The van der Waals surface area contributed by atoms with Crippen LogP contribution in [0.3, 0.4) is 0 Å². The van der Waals surface area contributed by atoms with Crippen LogP contribution in [0.2, 0.25) is 0 Å². The van der Waals surface area contributed by atoms with E-state index < -0.39 is 0 Å². The van der Waals surface area contributed by atoms with Crippen molar-refractivity contribution in [2.24, 2.45) is 0 Å². The van der Waals surface area contributed by atoms with Crippen molar-refractivity contribution in [1.29, 1.82) is 0 Å². The van der Waals surface area contributed by atoms with Gasteiger partial charge in [-0.05, 0) is 0 Å². The van der Waals surface area contributed by atoms with E-state index in [9.17, 15) is 0 Å². The van der Waals surface area contributed by atoms with E-state index in [1.165, 1.54) is 0 Å². The molecule has 0 aliphatic heterocycles. The molecule has 6 nitrogen and oxygen atoms in total. The zero-order chi connectivity index (χ0) is 0. The smallest absolute Gasteiger partial charge is 2.00 e. The Balaban J connectivity index is 0. The van der Waals surface area contributed by atoms with E-state index in [-0.39, 0.29) is 165 Å². The monoisotopic (exact) mass is 614 g/mol. The molecule has 0 spiro atoms. The van der Waals surface area contributed by atoms with Gasteiger partial charge < -0.3 is 32.9 Å². The minimum Gasteiger partial charge on any atom is -2.00 e. The summed E-state index contributed by atoms with van der Waals surface area (Å²) in [6.45, 7) is 0. The molecule has 0 aliphatic carbocycles. The van der Waals surface area contributed by atoms with Crippen molar-refractivity contribution in [3.05, 3.63) is 0 Å². The first-order chi connectivity index (χ1) is 0. The summed E-state index contributed by atoms with van der Waals surface area (Å²) in [7, 11) is 0. The summed E-state index contributed by atoms with van der Waals surface area (Å²) in [6.07, 6.45) is 0. The van der Waals surface area contributed by atoms with Crippen LogP contribution in [0.15, 0.2) is 0 Å². The number of rotatable bonds is 0. The van der Waals surface area contributed by atoms with Crippen molar-refractivity contribution in [3.63, 3.8) is 0 Å². The van der Waals surface area contributed by atoms with Gasteiger partial charge in [0.05, 0.1) is 0 Å². The van der Waals surface area contributed by atoms with Gasteiger partial charge in [-0.15, -0.1) is 0 Å². The Labute approximate surface area is 161 Å². The molecular formula is BiCaO6SrTa. The molecule has 0 unspecified atom stereocenters. The fraction of sp³-hybridized carbons (Fsp3) is 0. The van der Waals surface area contributed by atoms with Crippen LogP contribution < -0.4 is 0 Å². The zero-order valence-corrected chi connectivity index (χ0v) is 17.1. The molecule has 0 N–H and O–H groups in total. The molecule has 10 heavy (non-hydrogen) atoms. The van der Waals surface area contributed by atoms with E-state index in [1.54, 1.807) is 0 Å². The second kappa shape index (κ2) is 113. The van der Waals surface area contributed by atoms with E-state index in [0.717, 1.165) is 0 Å². The molecule has 0 aliphatic rings. The third-order valence-corrected chi connectivity index (χ3v) is 0. The minimum atomic E-state index is 0. The van der Waals surface area contributed by atoms with Crippen LogP contribution in [0, 0.1) is 0 Å². The molecule has 0 aromatic carbocycles. The van der Waals surface area contributed by atoms with Crippen LogP contribution in [0.25, 0.3) is 0 Å². The summed E-state index contributed by atoms with van der Waals surface area (Å²) < 4.78 is 0. The maximum absolute atomic E-state index is 0. The van der Waals surface area contributed by atoms with Gasteiger partial charge in [-0.1, -0.05) is 0 Å². The maximum atomic E-state index is 0. The van der Waals surface area contributed by atoms with Gasteiger partial charge in [0, 0.05) is 0 Å². The van der Waals surface area contributed by atoms with E-state index >= 15 is 0 Å². The maximum Gasteiger partial charge on any atom is 5.00 e. The molecule has 0 rings (SSSR count). The third-order valence-electron chi connectivity index (χ3n) is 0. The molecular weight excluding hydrogens is 614 g/mol. The molecule has 2 radical (unpaired) electrons. The molecule has 0 aromatic rings. The summed E-state index contributed by atoms with van der Waals surface area (Å²) >= 11 is 0. The van der Waals surface area contributed by atoms with Gasteiger partial charge in [-0.25, -0.2) is 0 Å². The van der Waals surface area contributed by atoms with Crippen molar-refractivity contribution < 1.29 is 55.2 Å². The first-order valence-corrected chi connectivity index (χ1v) is 0. The standard InChI is InChI=1S/Bi.Ca.6O.Sr.Ta/q+3;+2;6*-2;+2;+5. The predicted octanol–water partition coefficient (Wildman–Crippen LogP) is -1.86. The Kier molecular flexibility index (Phi) is 1620. The fourth-order valence-electron chi connectivity index (χ4n) is 0. The van der Waals surface area contributed by atoms with Crippen molar-refractivity contribution >= 4 is 109 Å². The summed E-state index contributed by atoms with van der Waals surface area (Å²) in [5, 5.41) is 0. The molecule has 0 saturated heterocycles. The number of hydrogen-bond donors (Lipinski definition) is 0. The normalized spacial score (nSPS) is 0. The second-order valence-electron chi connectivity index (χ2n) is 0.